The summed E-state index contributed by atoms with van der Waals surface area (Å²) in [6, 6.07) is 4.02. The Labute approximate surface area is 135 Å². The molecule has 1 aromatic carbocycles. The zero-order chi connectivity index (χ0) is 17.2. The SMILES string of the molecule is CCc1nn(C)c(CC)c1S(=O)(=O)Nc1c(F)cccc1CO. The van der Waals surface area contributed by atoms with Crippen LogP contribution in [-0.4, -0.2) is 23.3 Å². The van der Waals surface area contributed by atoms with Gasteiger partial charge >= 0.3 is 0 Å². The molecule has 2 N–H and O–H groups in total. The summed E-state index contributed by atoms with van der Waals surface area (Å²) in [5.74, 6) is -0.736. The first-order valence-electron chi connectivity index (χ1n) is 7.31. The largest absolute Gasteiger partial charge is 0.392 e. The zero-order valence-corrected chi connectivity index (χ0v) is 14.1. The molecule has 8 heteroatoms. The van der Waals surface area contributed by atoms with E-state index in [4.69, 9.17) is 0 Å². The van der Waals surface area contributed by atoms with E-state index in [1.807, 2.05) is 13.8 Å². The van der Waals surface area contributed by atoms with Gasteiger partial charge in [-0.3, -0.25) is 9.40 Å². The lowest BCUT2D eigenvalue weighted by molar-refractivity contribution is 0.282. The molecule has 1 heterocycles. The molecule has 0 radical (unpaired) electrons. The molecule has 0 bridgehead atoms. The highest BCUT2D eigenvalue weighted by Gasteiger charge is 2.27. The summed E-state index contributed by atoms with van der Waals surface area (Å²) in [5, 5.41) is 13.5. The second-order valence-electron chi connectivity index (χ2n) is 5.09. The molecule has 2 aromatic rings. The van der Waals surface area contributed by atoms with Gasteiger partial charge in [0.2, 0.25) is 0 Å². The van der Waals surface area contributed by atoms with Gasteiger partial charge in [0.1, 0.15) is 10.7 Å². The smallest absolute Gasteiger partial charge is 0.265 e. The number of benzene rings is 1. The Kier molecular flexibility index (Phi) is 5.06. The molecule has 2 rings (SSSR count). The number of aryl methyl sites for hydroxylation is 2. The van der Waals surface area contributed by atoms with Crippen molar-refractivity contribution < 1.29 is 17.9 Å². The minimum atomic E-state index is -4.02. The normalized spacial score (nSPS) is 11.7. The third kappa shape index (κ3) is 3.23. The first-order chi connectivity index (χ1) is 10.9. The third-order valence-electron chi connectivity index (χ3n) is 3.63. The number of para-hydroxylation sites is 1. The minimum Gasteiger partial charge on any atom is -0.392 e. The second kappa shape index (κ2) is 6.67. The van der Waals surface area contributed by atoms with Gasteiger partial charge in [0.15, 0.2) is 0 Å². The highest BCUT2D eigenvalue weighted by atomic mass is 32.2. The van der Waals surface area contributed by atoms with Crippen LogP contribution in [0.2, 0.25) is 0 Å². The van der Waals surface area contributed by atoms with Crippen molar-refractivity contribution in [2.45, 2.75) is 38.2 Å². The van der Waals surface area contributed by atoms with Crippen molar-refractivity contribution >= 4 is 15.7 Å². The second-order valence-corrected chi connectivity index (χ2v) is 6.71. The number of aromatic nitrogens is 2. The molecule has 6 nitrogen and oxygen atoms in total. The summed E-state index contributed by atoms with van der Waals surface area (Å²) < 4.78 is 43.4. The number of sulfonamides is 1. The molecule has 0 aliphatic heterocycles. The predicted molar refractivity (Wildman–Crippen MR) is 85.1 cm³/mol. The summed E-state index contributed by atoms with van der Waals surface area (Å²) in [7, 11) is -2.34. The molecule has 0 saturated heterocycles. The topological polar surface area (TPSA) is 84.2 Å². The molecule has 0 unspecified atom stereocenters. The fourth-order valence-corrected chi connectivity index (χ4v) is 4.21. The van der Waals surface area contributed by atoms with Crippen LogP contribution < -0.4 is 4.72 Å². The van der Waals surface area contributed by atoms with Gasteiger partial charge in [0.05, 0.1) is 23.7 Å². The van der Waals surface area contributed by atoms with Gasteiger partial charge in [-0.1, -0.05) is 26.0 Å². The average Bonchev–Trinajstić information content (AvgIpc) is 2.85. The summed E-state index contributed by atoms with van der Waals surface area (Å²) in [6.07, 6.45) is 0.915. The number of aliphatic hydroxyl groups is 1. The summed E-state index contributed by atoms with van der Waals surface area (Å²) in [6.45, 7) is 3.17. The first-order valence-corrected chi connectivity index (χ1v) is 8.79. The molecule has 0 atom stereocenters. The molecular weight excluding hydrogens is 321 g/mol. The Bertz CT molecular complexity index is 816. The van der Waals surface area contributed by atoms with Crippen LogP contribution in [0.5, 0.6) is 0 Å². The van der Waals surface area contributed by atoms with E-state index in [2.05, 4.69) is 9.82 Å². The van der Waals surface area contributed by atoms with Crippen LogP contribution in [-0.2, 0) is 36.5 Å². The quantitative estimate of drug-likeness (QED) is 0.841. The highest BCUT2D eigenvalue weighted by Crippen LogP contribution is 2.27. The highest BCUT2D eigenvalue weighted by molar-refractivity contribution is 7.92. The molecule has 126 valence electrons. The predicted octanol–water partition coefficient (Wildman–Crippen LogP) is 1.98. The summed E-state index contributed by atoms with van der Waals surface area (Å²) in [5.41, 5.74) is 0.923. The molecule has 0 fully saturated rings. The van der Waals surface area contributed by atoms with Gasteiger partial charge < -0.3 is 5.11 Å². The van der Waals surface area contributed by atoms with Crippen LogP contribution in [0.1, 0.15) is 30.8 Å². The number of hydrogen-bond donors (Lipinski definition) is 2. The number of nitrogens with one attached hydrogen (secondary N) is 1. The lowest BCUT2D eigenvalue weighted by Gasteiger charge is -2.13. The zero-order valence-electron chi connectivity index (χ0n) is 13.3. The molecule has 0 aliphatic rings. The Morgan fingerprint density at radius 1 is 1.30 bits per heavy atom. The Hall–Kier alpha value is -1.93. The van der Waals surface area contributed by atoms with Crippen molar-refractivity contribution in [1.29, 1.82) is 0 Å². The van der Waals surface area contributed by atoms with Crippen molar-refractivity contribution in [3.05, 3.63) is 41.0 Å². The van der Waals surface area contributed by atoms with Crippen LogP contribution in [0.25, 0.3) is 0 Å². The Morgan fingerprint density at radius 3 is 2.57 bits per heavy atom. The van der Waals surface area contributed by atoms with E-state index in [1.54, 1.807) is 7.05 Å². The van der Waals surface area contributed by atoms with Gasteiger partial charge in [-0.2, -0.15) is 5.10 Å². The van der Waals surface area contributed by atoms with Crippen molar-refractivity contribution in [3.8, 4) is 0 Å². The van der Waals surface area contributed by atoms with Crippen LogP contribution in [0, 0.1) is 5.82 Å². The maximum Gasteiger partial charge on any atom is 0.265 e. The number of halogens is 1. The molecule has 0 aliphatic carbocycles. The maximum atomic E-state index is 14.0. The van der Waals surface area contributed by atoms with Gasteiger partial charge in [-0.25, -0.2) is 12.8 Å². The van der Waals surface area contributed by atoms with Crippen molar-refractivity contribution in [2.75, 3.05) is 4.72 Å². The van der Waals surface area contributed by atoms with Crippen molar-refractivity contribution in [2.24, 2.45) is 7.05 Å². The van der Waals surface area contributed by atoms with E-state index in [1.165, 1.54) is 16.8 Å². The number of aliphatic hydroxyl groups excluding tert-OH is 1. The van der Waals surface area contributed by atoms with E-state index in [-0.39, 0.29) is 16.1 Å². The van der Waals surface area contributed by atoms with Gasteiger partial charge in [0, 0.05) is 12.6 Å². The van der Waals surface area contributed by atoms with Crippen LogP contribution in [0.15, 0.2) is 23.1 Å². The minimum absolute atomic E-state index is 0.0807. The van der Waals surface area contributed by atoms with Gasteiger partial charge in [-0.15, -0.1) is 0 Å². The fraction of sp³-hybridized carbons (Fsp3) is 0.400. The van der Waals surface area contributed by atoms with Gasteiger partial charge in [0.25, 0.3) is 10.0 Å². The maximum absolute atomic E-state index is 14.0. The molecule has 23 heavy (non-hydrogen) atoms. The van der Waals surface area contributed by atoms with Crippen molar-refractivity contribution in [1.82, 2.24) is 9.78 Å². The summed E-state index contributed by atoms with van der Waals surface area (Å²) in [4.78, 5) is 0.0807. The number of hydrogen-bond acceptors (Lipinski definition) is 4. The Morgan fingerprint density at radius 2 is 2.00 bits per heavy atom. The standard InChI is InChI=1S/C15H20FN3O3S/c1-4-12-15(13(5-2)19(3)17-12)23(21,22)18-14-10(9-20)7-6-8-11(14)16/h6-8,18,20H,4-5,9H2,1-3H3. The van der Waals surface area contributed by atoms with E-state index < -0.39 is 22.4 Å². The lowest BCUT2D eigenvalue weighted by atomic mass is 10.2. The molecular formula is C15H20FN3O3S. The molecule has 0 amide bonds. The number of anilines is 1. The lowest BCUT2D eigenvalue weighted by Crippen LogP contribution is -2.18. The van der Waals surface area contributed by atoms with E-state index in [9.17, 15) is 17.9 Å². The average molecular weight is 341 g/mol. The van der Waals surface area contributed by atoms with Crippen LogP contribution >= 0.6 is 0 Å². The van der Waals surface area contributed by atoms with Crippen LogP contribution in [0.4, 0.5) is 10.1 Å². The number of rotatable bonds is 6. The molecule has 1 aromatic heterocycles. The fourth-order valence-electron chi connectivity index (χ4n) is 2.53. The first kappa shape index (κ1) is 17.4. The molecule has 0 saturated carbocycles. The van der Waals surface area contributed by atoms with Crippen LogP contribution in [0.3, 0.4) is 0 Å². The third-order valence-corrected chi connectivity index (χ3v) is 5.11. The molecule has 0 spiro atoms. The van der Waals surface area contributed by atoms with E-state index in [0.29, 0.717) is 24.2 Å². The van der Waals surface area contributed by atoms with E-state index in [0.717, 1.165) is 6.07 Å². The summed E-state index contributed by atoms with van der Waals surface area (Å²) >= 11 is 0. The number of nitrogens with zero attached hydrogens (tertiary/aromatic N) is 2. The monoisotopic (exact) mass is 341 g/mol. The van der Waals surface area contributed by atoms with E-state index >= 15 is 0 Å². The van der Waals surface area contributed by atoms with Crippen molar-refractivity contribution in [3.63, 3.8) is 0 Å². The Balaban J connectivity index is 2.57. The van der Waals surface area contributed by atoms with Gasteiger partial charge in [-0.05, 0) is 18.9 Å².